The molecule has 3 aromatic rings. The number of hydrogen-bond donors (Lipinski definition) is 2. The molecule has 0 saturated carbocycles. The molecule has 0 fully saturated rings. The number of carboxylic acid groups (broad SMARTS) is 1. The molecule has 5 nitrogen and oxygen atoms in total. The highest BCUT2D eigenvalue weighted by molar-refractivity contribution is 6.35. The molecule has 4 rings (SSSR count). The number of carbonyl (C=O) groups excluding carboxylic acids is 1. The van der Waals surface area contributed by atoms with Crippen LogP contribution in [0.5, 0.6) is 0 Å². The van der Waals surface area contributed by atoms with E-state index in [-0.39, 0.29) is 16.5 Å². The van der Waals surface area contributed by atoms with Crippen LogP contribution < -0.4 is 5.32 Å². The lowest BCUT2D eigenvalue weighted by atomic mass is 10.0. The number of hydrogen-bond acceptors (Lipinski definition) is 2. The van der Waals surface area contributed by atoms with E-state index in [0.717, 1.165) is 28.2 Å². The maximum Gasteiger partial charge on any atom is 0.337 e. The van der Waals surface area contributed by atoms with Gasteiger partial charge in [-0.25, -0.2) is 4.79 Å². The van der Waals surface area contributed by atoms with E-state index >= 15 is 0 Å². The third-order valence-corrected chi connectivity index (χ3v) is 5.25. The fraction of sp³-hybridized carbons (Fsp3) is 0.0909. The zero-order valence-electron chi connectivity index (χ0n) is 15.3. The van der Waals surface area contributed by atoms with Crippen molar-refractivity contribution in [3.8, 4) is 5.69 Å². The van der Waals surface area contributed by atoms with Gasteiger partial charge in [-0.05, 0) is 55.8 Å². The van der Waals surface area contributed by atoms with Crippen LogP contribution in [0.4, 0.5) is 5.69 Å². The molecule has 1 aliphatic rings. The average Bonchev–Trinajstić information content (AvgIpc) is 3.12. The average molecular weight is 393 g/mol. The summed E-state index contributed by atoms with van der Waals surface area (Å²) in [7, 11) is 0. The van der Waals surface area contributed by atoms with Gasteiger partial charge in [0.25, 0.3) is 5.91 Å². The van der Waals surface area contributed by atoms with Crippen LogP contribution in [0.2, 0.25) is 5.02 Å². The van der Waals surface area contributed by atoms with Crippen molar-refractivity contribution in [2.75, 3.05) is 5.32 Å². The normalized spacial score (nSPS) is 14.2. The summed E-state index contributed by atoms with van der Waals surface area (Å²) in [6, 6.07) is 14.5. The van der Waals surface area contributed by atoms with Gasteiger partial charge in [0.1, 0.15) is 0 Å². The standard InChI is InChI=1S/C22H17ClN2O3/c1-12-9-14(10-17-16-5-3-4-6-20(16)24-21(17)26)13(2)25(12)15-7-8-19(23)18(11-15)22(27)28/h3-11H,1-2H3,(H,24,26)(H,27,28)/b17-10+. The Balaban J connectivity index is 1.83. The van der Waals surface area contributed by atoms with Crippen molar-refractivity contribution in [1.82, 2.24) is 4.57 Å². The van der Waals surface area contributed by atoms with Gasteiger partial charge in [-0.15, -0.1) is 0 Å². The summed E-state index contributed by atoms with van der Waals surface area (Å²) in [6.07, 6.45) is 1.87. The molecule has 1 aliphatic heterocycles. The molecular formula is C22H17ClN2O3. The third kappa shape index (κ3) is 2.90. The van der Waals surface area contributed by atoms with Crippen LogP contribution in [0.15, 0.2) is 48.5 Å². The number of carboxylic acids is 1. The first kappa shape index (κ1) is 18.1. The number of rotatable bonds is 3. The molecule has 0 radical (unpaired) electrons. The van der Waals surface area contributed by atoms with E-state index in [0.29, 0.717) is 11.3 Å². The summed E-state index contributed by atoms with van der Waals surface area (Å²) < 4.78 is 1.95. The molecule has 1 amide bonds. The third-order valence-electron chi connectivity index (χ3n) is 4.92. The minimum Gasteiger partial charge on any atom is -0.478 e. The first-order chi connectivity index (χ1) is 13.4. The predicted octanol–water partition coefficient (Wildman–Crippen LogP) is 4.94. The highest BCUT2D eigenvalue weighted by Crippen LogP contribution is 2.34. The number of carbonyl (C=O) groups is 2. The summed E-state index contributed by atoms with van der Waals surface area (Å²) in [6.45, 7) is 3.87. The molecular weight excluding hydrogens is 376 g/mol. The topological polar surface area (TPSA) is 71.3 Å². The van der Waals surface area contributed by atoms with Crippen LogP contribution in [0.25, 0.3) is 17.3 Å². The molecule has 2 heterocycles. The van der Waals surface area contributed by atoms with Gasteiger partial charge >= 0.3 is 5.97 Å². The molecule has 6 heteroatoms. The molecule has 0 unspecified atom stereocenters. The molecule has 2 N–H and O–H groups in total. The van der Waals surface area contributed by atoms with Crippen molar-refractivity contribution in [3.63, 3.8) is 0 Å². The van der Waals surface area contributed by atoms with Gasteiger partial charge in [0.15, 0.2) is 0 Å². The quantitative estimate of drug-likeness (QED) is 0.620. The van der Waals surface area contributed by atoms with Crippen LogP contribution in [0, 0.1) is 13.8 Å². The van der Waals surface area contributed by atoms with Crippen molar-refractivity contribution < 1.29 is 14.7 Å². The lowest BCUT2D eigenvalue weighted by molar-refractivity contribution is -0.110. The minimum absolute atomic E-state index is 0.0515. The molecule has 28 heavy (non-hydrogen) atoms. The maximum atomic E-state index is 12.4. The van der Waals surface area contributed by atoms with Crippen LogP contribution in [-0.4, -0.2) is 21.6 Å². The Morgan fingerprint density at radius 2 is 1.89 bits per heavy atom. The number of benzene rings is 2. The van der Waals surface area contributed by atoms with Crippen molar-refractivity contribution >= 4 is 40.8 Å². The second kappa shape index (κ2) is 6.69. The number of amides is 1. The zero-order chi connectivity index (χ0) is 20.0. The molecule has 140 valence electrons. The number of aryl methyl sites for hydroxylation is 1. The molecule has 0 bridgehead atoms. The van der Waals surface area contributed by atoms with E-state index in [1.807, 2.05) is 54.8 Å². The number of fused-ring (bicyclic) bond motifs is 1. The predicted molar refractivity (Wildman–Crippen MR) is 110 cm³/mol. The number of anilines is 1. The number of para-hydroxylation sites is 1. The second-order valence-electron chi connectivity index (χ2n) is 6.69. The molecule has 0 atom stereocenters. The van der Waals surface area contributed by atoms with Crippen LogP contribution in [-0.2, 0) is 4.79 Å². The lowest BCUT2D eigenvalue weighted by Gasteiger charge is -2.11. The van der Waals surface area contributed by atoms with Crippen LogP contribution in [0.3, 0.4) is 0 Å². The van der Waals surface area contributed by atoms with Gasteiger partial charge in [0.05, 0.1) is 10.6 Å². The summed E-state index contributed by atoms with van der Waals surface area (Å²) in [5.41, 5.74) is 5.77. The van der Waals surface area contributed by atoms with E-state index in [4.69, 9.17) is 11.6 Å². The summed E-state index contributed by atoms with van der Waals surface area (Å²) in [5, 5.41) is 12.4. The number of aromatic carboxylic acids is 1. The van der Waals surface area contributed by atoms with Crippen molar-refractivity contribution in [1.29, 1.82) is 0 Å². The van der Waals surface area contributed by atoms with E-state index in [9.17, 15) is 14.7 Å². The number of nitrogens with one attached hydrogen (secondary N) is 1. The van der Waals surface area contributed by atoms with Crippen molar-refractivity contribution in [2.45, 2.75) is 13.8 Å². The summed E-state index contributed by atoms with van der Waals surface area (Å²) in [5.74, 6) is -1.21. The van der Waals surface area contributed by atoms with Gasteiger partial charge < -0.3 is 15.0 Å². The Bertz CT molecular complexity index is 1170. The Morgan fingerprint density at radius 3 is 2.64 bits per heavy atom. The fourth-order valence-corrected chi connectivity index (χ4v) is 3.78. The van der Waals surface area contributed by atoms with Crippen molar-refractivity contribution in [2.24, 2.45) is 0 Å². The molecule has 0 aliphatic carbocycles. The van der Waals surface area contributed by atoms with Gasteiger partial charge in [-0.3, -0.25) is 4.79 Å². The van der Waals surface area contributed by atoms with Crippen LogP contribution in [0.1, 0.15) is 32.9 Å². The van der Waals surface area contributed by atoms with Gasteiger partial charge in [0.2, 0.25) is 0 Å². The Kier molecular flexibility index (Phi) is 4.32. The number of halogens is 1. The summed E-state index contributed by atoms with van der Waals surface area (Å²) in [4.78, 5) is 23.8. The fourth-order valence-electron chi connectivity index (χ4n) is 3.59. The van der Waals surface area contributed by atoms with E-state index in [1.54, 1.807) is 18.2 Å². The zero-order valence-corrected chi connectivity index (χ0v) is 16.0. The molecule has 2 aromatic carbocycles. The Labute approximate surface area is 166 Å². The van der Waals surface area contributed by atoms with Gasteiger partial charge in [-0.2, -0.15) is 0 Å². The molecule has 0 spiro atoms. The molecule has 1 aromatic heterocycles. The monoisotopic (exact) mass is 392 g/mol. The van der Waals surface area contributed by atoms with E-state index in [1.165, 1.54) is 0 Å². The highest BCUT2D eigenvalue weighted by Gasteiger charge is 2.24. The van der Waals surface area contributed by atoms with E-state index in [2.05, 4.69) is 5.32 Å². The van der Waals surface area contributed by atoms with Gasteiger partial charge in [-0.1, -0.05) is 29.8 Å². The van der Waals surface area contributed by atoms with Gasteiger partial charge in [0, 0.05) is 33.9 Å². The second-order valence-corrected chi connectivity index (χ2v) is 7.10. The smallest absolute Gasteiger partial charge is 0.337 e. The lowest BCUT2D eigenvalue weighted by Crippen LogP contribution is -2.04. The SMILES string of the molecule is Cc1cc(/C=C2/C(=O)Nc3ccccc32)c(C)n1-c1ccc(Cl)c(C(=O)O)c1. The maximum absolute atomic E-state index is 12.4. The van der Waals surface area contributed by atoms with Crippen LogP contribution >= 0.6 is 11.6 Å². The number of aromatic nitrogens is 1. The van der Waals surface area contributed by atoms with E-state index < -0.39 is 5.97 Å². The first-order valence-electron chi connectivity index (χ1n) is 8.71. The van der Waals surface area contributed by atoms with Crippen molar-refractivity contribution in [3.05, 3.63) is 81.6 Å². The largest absolute Gasteiger partial charge is 0.478 e. The Morgan fingerprint density at radius 1 is 1.14 bits per heavy atom. The minimum atomic E-state index is -1.07. The summed E-state index contributed by atoms with van der Waals surface area (Å²) >= 11 is 6.00. The molecule has 0 saturated heterocycles. The first-order valence-corrected chi connectivity index (χ1v) is 9.09. The highest BCUT2D eigenvalue weighted by atomic mass is 35.5. The number of nitrogens with zero attached hydrogens (tertiary/aromatic N) is 1. The Hall–Kier alpha value is -3.31.